The van der Waals surface area contributed by atoms with E-state index in [1.54, 1.807) is 0 Å². The Morgan fingerprint density at radius 1 is 0.962 bits per heavy atom. The summed E-state index contributed by atoms with van der Waals surface area (Å²) in [6.45, 7) is 9.18. The lowest BCUT2D eigenvalue weighted by atomic mass is 9.84. The summed E-state index contributed by atoms with van der Waals surface area (Å²) in [5, 5.41) is 0. The Kier molecular flexibility index (Phi) is 12.2. The van der Waals surface area contributed by atoms with E-state index in [-0.39, 0.29) is 6.10 Å². The summed E-state index contributed by atoms with van der Waals surface area (Å²) in [4.78, 5) is 9.91. The van der Waals surface area contributed by atoms with Crippen molar-refractivity contribution in [2.45, 2.75) is 90.1 Å². The third-order valence-electron chi connectivity index (χ3n) is 5.31. The van der Waals surface area contributed by atoms with Crippen molar-refractivity contribution in [3.05, 3.63) is 0 Å². The summed E-state index contributed by atoms with van der Waals surface area (Å²) in [6.07, 6.45) is 15.6. The first-order valence-corrected chi connectivity index (χ1v) is 15.5. The van der Waals surface area contributed by atoms with E-state index in [0.29, 0.717) is 6.61 Å². The third kappa shape index (κ3) is 12.8. The molecule has 1 fully saturated rings. The molecule has 0 spiro atoms. The first-order valence-electron chi connectivity index (χ1n) is 10.7. The van der Waals surface area contributed by atoms with Gasteiger partial charge < -0.3 is 4.89 Å². The molecule has 1 atom stereocenters. The van der Waals surface area contributed by atoms with Gasteiger partial charge >= 0.3 is 7.82 Å². The molecule has 4 nitrogen and oxygen atoms in total. The fourth-order valence-corrected chi connectivity index (χ4v) is 5.32. The average Bonchev–Trinajstić information content (AvgIpc) is 2.54. The van der Waals surface area contributed by atoms with Crippen molar-refractivity contribution < 1.29 is 18.5 Å². The Morgan fingerprint density at radius 2 is 1.54 bits per heavy atom. The van der Waals surface area contributed by atoms with Crippen LogP contribution in [-0.4, -0.2) is 43.8 Å². The van der Waals surface area contributed by atoms with Crippen LogP contribution < -0.4 is 0 Å². The normalized spacial score (nSPS) is 23.7. The van der Waals surface area contributed by atoms with Crippen molar-refractivity contribution in [2.75, 3.05) is 32.8 Å². The number of hydrogen-bond donors (Lipinski definition) is 1. The molecule has 0 bridgehead atoms. The van der Waals surface area contributed by atoms with Crippen molar-refractivity contribution in [3.63, 3.8) is 0 Å². The van der Waals surface area contributed by atoms with Crippen LogP contribution in [0.3, 0.4) is 0 Å². The molecule has 0 saturated heterocycles. The predicted molar refractivity (Wildman–Crippen MR) is 115 cm³/mol. The Morgan fingerprint density at radius 3 is 2.12 bits per heavy atom. The lowest BCUT2D eigenvalue weighted by Gasteiger charge is -2.29. The summed E-state index contributed by atoms with van der Waals surface area (Å²) in [5.41, 5.74) is 0. The summed E-state index contributed by atoms with van der Waals surface area (Å²) in [6, 6.07) is 0. The quantitative estimate of drug-likeness (QED) is 0.255. The Bertz CT molecular complexity index is 401. The molecule has 0 heterocycles. The summed E-state index contributed by atoms with van der Waals surface area (Å²) < 4.78 is 22.7. The van der Waals surface area contributed by atoms with Gasteiger partial charge in [-0.05, 0) is 31.6 Å². The second-order valence-electron chi connectivity index (χ2n) is 8.97. The molecule has 6 heteroatoms. The largest absolute Gasteiger partial charge is 0.472 e. The minimum atomic E-state index is -3.89. The van der Waals surface area contributed by atoms with Crippen LogP contribution in [0.25, 0.3) is 0 Å². The summed E-state index contributed by atoms with van der Waals surface area (Å²) in [7, 11) is -4.88. The zero-order valence-corrected chi connectivity index (χ0v) is 19.4. The van der Waals surface area contributed by atoms with Gasteiger partial charge in [0.1, 0.15) is 0 Å². The van der Waals surface area contributed by atoms with Crippen LogP contribution in [0.5, 0.6) is 0 Å². The smallest absolute Gasteiger partial charge is 0.302 e. The van der Waals surface area contributed by atoms with Crippen LogP contribution in [0, 0.1) is 5.92 Å². The number of phosphoric ester groups is 1. The van der Waals surface area contributed by atoms with Gasteiger partial charge in [-0.2, -0.15) is 0 Å². The van der Waals surface area contributed by atoms with Crippen molar-refractivity contribution in [3.8, 4) is 0 Å². The summed E-state index contributed by atoms with van der Waals surface area (Å²) in [5.74, 6) is 0.773. The Labute approximate surface area is 162 Å². The molecule has 1 saturated carbocycles. The fraction of sp³-hybridized carbons (Fsp3) is 1.00. The van der Waals surface area contributed by atoms with Crippen molar-refractivity contribution in [1.29, 1.82) is 0 Å². The van der Waals surface area contributed by atoms with Crippen molar-refractivity contribution >= 4 is 15.1 Å². The monoisotopic (exact) mass is 409 g/mol. The molecular formula is C20H43O4P2+. The van der Waals surface area contributed by atoms with E-state index in [4.69, 9.17) is 9.05 Å². The van der Waals surface area contributed by atoms with Crippen LogP contribution in [0.2, 0.25) is 0 Å². The molecule has 1 rings (SSSR count). The lowest BCUT2D eigenvalue weighted by molar-refractivity contribution is 0.0726. The molecule has 1 unspecified atom stereocenters. The van der Waals surface area contributed by atoms with E-state index >= 15 is 0 Å². The maximum atomic E-state index is 12.1. The lowest BCUT2D eigenvalue weighted by Crippen LogP contribution is -2.21. The highest BCUT2D eigenvalue weighted by Crippen LogP contribution is 2.50. The van der Waals surface area contributed by atoms with Gasteiger partial charge in [-0.15, -0.1) is 0 Å². The molecule has 0 aromatic rings. The van der Waals surface area contributed by atoms with Gasteiger partial charge in [-0.25, -0.2) is 4.57 Å². The van der Waals surface area contributed by atoms with Crippen molar-refractivity contribution in [2.24, 2.45) is 5.92 Å². The first kappa shape index (κ1) is 24.6. The molecule has 156 valence electrons. The van der Waals surface area contributed by atoms with Gasteiger partial charge in [0.05, 0.1) is 18.9 Å². The zero-order valence-electron chi connectivity index (χ0n) is 17.6. The second kappa shape index (κ2) is 12.9. The minimum Gasteiger partial charge on any atom is -0.302 e. The van der Waals surface area contributed by atoms with E-state index in [0.717, 1.165) is 37.8 Å². The van der Waals surface area contributed by atoms with Crippen LogP contribution in [0.4, 0.5) is 0 Å². The van der Waals surface area contributed by atoms with Crippen LogP contribution in [0.15, 0.2) is 0 Å². The van der Waals surface area contributed by atoms with E-state index < -0.39 is 15.1 Å². The van der Waals surface area contributed by atoms with E-state index in [9.17, 15) is 9.46 Å². The highest BCUT2D eigenvalue weighted by Gasteiger charge is 2.31. The Hall–Kier alpha value is 0.540. The molecule has 1 aliphatic carbocycles. The minimum absolute atomic E-state index is 0.111. The van der Waals surface area contributed by atoms with Gasteiger partial charge in [-0.3, -0.25) is 9.05 Å². The molecule has 26 heavy (non-hydrogen) atoms. The molecule has 0 aliphatic heterocycles. The van der Waals surface area contributed by atoms with Crippen LogP contribution in [0.1, 0.15) is 84.0 Å². The molecular weight excluding hydrogens is 366 g/mol. The molecule has 0 amide bonds. The van der Waals surface area contributed by atoms with Gasteiger partial charge in [0, 0.05) is 27.3 Å². The summed E-state index contributed by atoms with van der Waals surface area (Å²) >= 11 is 0. The molecule has 0 aromatic heterocycles. The van der Waals surface area contributed by atoms with Crippen molar-refractivity contribution in [1.82, 2.24) is 0 Å². The van der Waals surface area contributed by atoms with Gasteiger partial charge in [0.2, 0.25) is 0 Å². The molecule has 0 radical (unpaired) electrons. The number of unbranched alkanes of at least 4 members (excludes halogenated alkanes) is 6. The van der Waals surface area contributed by atoms with E-state index in [1.165, 1.54) is 51.4 Å². The van der Waals surface area contributed by atoms with E-state index in [2.05, 4.69) is 26.9 Å². The molecule has 1 N–H and O–H groups in total. The van der Waals surface area contributed by atoms with Crippen LogP contribution in [-0.2, 0) is 13.6 Å². The second-order valence-corrected chi connectivity index (χ2v) is 15.4. The SMILES string of the molecule is CCCCCCCCCC1CCC(OP(=O)(O)OCC[P+](C)(C)C)CC1. The van der Waals surface area contributed by atoms with Crippen LogP contribution >= 0.6 is 15.1 Å². The van der Waals surface area contributed by atoms with E-state index in [1.807, 2.05) is 0 Å². The van der Waals surface area contributed by atoms with Gasteiger partial charge in [0.15, 0.2) is 0 Å². The highest BCUT2D eigenvalue weighted by molar-refractivity contribution is 7.73. The van der Waals surface area contributed by atoms with Gasteiger partial charge in [0.25, 0.3) is 0 Å². The zero-order chi connectivity index (χ0) is 19.5. The number of rotatable bonds is 14. The number of hydrogen-bond acceptors (Lipinski definition) is 3. The highest BCUT2D eigenvalue weighted by atomic mass is 31.2. The first-order chi connectivity index (χ1) is 12.2. The Balaban J connectivity index is 2.10. The fourth-order valence-electron chi connectivity index (χ4n) is 3.56. The maximum Gasteiger partial charge on any atom is 0.472 e. The predicted octanol–water partition coefficient (Wildman–Crippen LogP) is 6.73. The number of phosphoric acid groups is 1. The van der Waals surface area contributed by atoms with Gasteiger partial charge in [-0.1, -0.05) is 58.3 Å². The molecule has 1 aliphatic rings. The average molecular weight is 410 g/mol. The third-order valence-corrected chi connectivity index (χ3v) is 7.91. The maximum absolute atomic E-state index is 12.1. The standard InChI is InChI=1S/C20H42O4P2/c1-5-6-7-8-9-10-11-12-19-13-15-20(16-14-19)24-26(21,22)23-17-18-25(2,3)4/h19-20H,5-18H2,1-4H3/p+1. The topological polar surface area (TPSA) is 55.8 Å². The molecule has 0 aromatic carbocycles.